The summed E-state index contributed by atoms with van der Waals surface area (Å²) in [7, 11) is 0. The molecule has 1 aliphatic rings. The van der Waals surface area contributed by atoms with Gasteiger partial charge in [-0.1, -0.05) is 42.5 Å². The van der Waals surface area contributed by atoms with Crippen LogP contribution in [0.3, 0.4) is 0 Å². The van der Waals surface area contributed by atoms with E-state index in [1.165, 1.54) is 10.8 Å². The minimum absolute atomic E-state index is 0.109. The normalized spacial score (nSPS) is 14.8. The Morgan fingerprint density at radius 2 is 1.71 bits per heavy atom. The molecule has 1 fully saturated rings. The maximum atomic E-state index is 12.2. The molecule has 2 amide bonds. The van der Waals surface area contributed by atoms with Gasteiger partial charge in [-0.25, -0.2) is 14.8 Å². The molecule has 1 aromatic heterocycles. The van der Waals surface area contributed by atoms with Crippen molar-refractivity contribution in [3.8, 4) is 0 Å². The van der Waals surface area contributed by atoms with Gasteiger partial charge in [-0.2, -0.15) is 0 Å². The third-order valence-electron chi connectivity index (χ3n) is 5.32. The summed E-state index contributed by atoms with van der Waals surface area (Å²) in [6.45, 7) is 3.07. The summed E-state index contributed by atoms with van der Waals surface area (Å²) in [5.74, 6) is 1.28. The van der Waals surface area contributed by atoms with Gasteiger partial charge < -0.3 is 15.5 Å². The molecule has 0 spiro atoms. The van der Waals surface area contributed by atoms with E-state index in [-0.39, 0.29) is 6.03 Å². The van der Waals surface area contributed by atoms with Gasteiger partial charge in [0.15, 0.2) is 0 Å². The van der Waals surface area contributed by atoms with Gasteiger partial charge in [0, 0.05) is 38.6 Å². The number of hydrogen-bond donors (Lipinski definition) is 2. The number of carbonyl (C=O) groups is 1. The van der Waals surface area contributed by atoms with Crippen molar-refractivity contribution in [1.29, 1.82) is 0 Å². The van der Waals surface area contributed by atoms with E-state index >= 15 is 0 Å². The van der Waals surface area contributed by atoms with Crippen LogP contribution >= 0.6 is 0 Å². The van der Waals surface area contributed by atoms with Crippen molar-refractivity contribution in [2.24, 2.45) is 5.92 Å². The highest BCUT2D eigenvalue weighted by Gasteiger charge is 2.21. The number of fused-ring (bicyclic) bond motifs is 1. The zero-order valence-corrected chi connectivity index (χ0v) is 15.8. The molecule has 0 unspecified atom stereocenters. The van der Waals surface area contributed by atoms with Gasteiger partial charge in [-0.15, -0.1) is 0 Å². The molecule has 0 bridgehead atoms. The lowest BCUT2D eigenvalue weighted by Crippen LogP contribution is -2.42. The minimum Gasteiger partial charge on any atom is -0.341 e. The Morgan fingerprint density at radius 1 is 0.964 bits per heavy atom. The summed E-state index contributed by atoms with van der Waals surface area (Å²) in [4.78, 5) is 23.1. The molecule has 2 N–H and O–H groups in total. The number of piperidine rings is 1. The third-order valence-corrected chi connectivity index (χ3v) is 5.32. The van der Waals surface area contributed by atoms with Gasteiger partial charge in [0.1, 0.15) is 0 Å². The Hall–Kier alpha value is -3.15. The number of rotatable bonds is 5. The van der Waals surface area contributed by atoms with Gasteiger partial charge in [-0.3, -0.25) is 0 Å². The highest BCUT2D eigenvalue weighted by Crippen LogP contribution is 2.20. The number of nitrogens with one attached hydrogen (secondary N) is 2. The Kier molecular flexibility index (Phi) is 5.66. The van der Waals surface area contributed by atoms with Gasteiger partial charge >= 0.3 is 6.03 Å². The van der Waals surface area contributed by atoms with Crippen LogP contribution in [0.15, 0.2) is 60.9 Å². The lowest BCUT2D eigenvalue weighted by atomic mass is 9.97. The number of urea groups is 1. The molecule has 2 heterocycles. The van der Waals surface area contributed by atoms with Crippen LogP contribution in [0.4, 0.5) is 10.7 Å². The molecule has 6 heteroatoms. The molecule has 4 rings (SSSR count). The number of carbonyl (C=O) groups excluding carboxylic acids is 1. The molecule has 0 radical (unpaired) electrons. The number of amides is 2. The molecule has 144 valence electrons. The van der Waals surface area contributed by atoms with Crippen molar-refractivity contribution >= 4 is 22.8 Å². The van der Waals surface area contributed by atoms with Crippen LogP contribution in [0, 0.1) is 5.92 Å². The molecule has 2 aromatic carbocycles. The number of anilines is 1. The standard InChI is InChI=1S/C22H25N5O/c28-22(26-16-19-7-3-6-18-5-1-2-8-20(18)19)25-15-17-9-13-27(14-10-17)21-23-11-4-12-24-21/h1-8,11-12,17H,9-10,13-16H2,(H2,25,26,28). The van der Waals surface area contributed by atoms with E-state index in [9.17, 15) is 4.79 Å². The van der Waals surface area contributed by atoms with Crippen LogP contribution in [0.25, 0.3) is 10.8 Å². The molecule has 6 nitrogen and oxygen atoms in total. The topological polar surface area (TPSA) is 70.2 Å². The van der Waals surface area contributed by atoms with E-state index < -0.39 is 0 Å². The molecule has 3 aromatic rings. The predicted octanol–water partition coefficient (Wildman–Crippen LogP) is 3.35. The van der Waals surface area contributed by atoms with E-state index in [2.05, 4.69) is 49.8 Å². The van der Waals surface area contributed by atoms with Gasteiger partial charge in [-0.05, 0) is 41.2 Å². The monoisotopic (exact) mass is 375 g/mol. The summed E-state index contributed by atoms with van der Waals surface area (Å²) >= 11 is 0. The zero-order chi connectivity index (χ0) is 19.2. The first-order valence-electron chi connectivity index (χ1n) is 9.80. The largest absolute Gasteiger partial charge is 0.341 e. The van der Waals surface area contributed by atoms with Crippen molar-refractivity contribution < 1.29 is 4.79 Å². The Bertz CT molecular complexity index is 917. The van der Waals surface area contributed by atoms with Gasteiger partial charge in [0.05, 0.1) is 0 Å². The van der Waals surface area contributed by atoms with Crippen LogP contribution in [0.1, 0.15) is 18.4 Å². The number of nitrogens with zero attached hydrogens (tertiary/aromatic N) is 3. The maximum absolute atomic E-state index is 12.2. The molecular weight excluding hydrogens is 350 g/mol. The van der Waals surface area contributed by atoms with Crippen molar-refractivity contribution in [3.05, 3.63) is 66.5 Å². The fraction of sp³-hybridized carbons (Fsp3) is 0.318. The smallest absolute Gasteiger partial charge is 0.315 e. The molecule has 1 aliphatic heterocycles. The first kappa shape index (κ1) is 18.2. The predicted molar refractivity (Wildman–Crippen MR) is 111 cm³/mol. The lowest BCUT2D eigenvalue weighted by molar-refractivity contribution is 0.237. The summed E-state index contributed by atoms with van der Waals surface area (Å²) in [6.07, 6.45) is 5.61. The molecule has 1 saturated heterocycles. The highest BCUT2D eigenvalue weighted by atomic mass is 16.2. The van der Waals surface area contributed by atoms with Gasteiger partial charge in [0.25, 0.3) is 0 Å². The minimum atomic E-state index is -0.109. The van der Waals surface area contributed by atoms with Crippen LogP contribution in [0.2, 0.25) is 0 Å². The van der Waals surface area contributed by atoms with Crippen LogP contribution in [-0.4, -0.2) is 35.6 Å². The summed E-state index contributed by atoms with van der Waals surface area (Å²) in [5, 5.41) is 8.38. The van der Waals surface area contributed by atoms with E-state index in [1.807, 2.05) is 24.3 Å². The fourth-order valence-electron chi connectivity index (χ4n) is 3.71. The van der Waals surface area contributed by atoms with E-state index in [1.54, 1.807) is 12.4 Å². The Morgan fingerprint density at radius 3 is 2.54 bits per heavy atom. The van der Waals surface area contributed by atoms with Gasteiger partial charge in [0.2, 0.25) is 5.95 Å². The van der Waals surface area contributed by atoms with Crippen molar-refractivity contribution in [3.63, 3.8) is 0 Å². The first-order valence-corrected chi connectivity index (χ1v) is 9.80. The van der Waals surface area contributed by atoms with Crippen LogP contribution in [-0.2, 0) is 6.54 Å². The van der Waals surface area contributed by atoms with E-state index in [0.29, 0.717) is 19.0 Å². The average molecular weight is 375 g/mol. The second-order valence-corrected chi connectivity index (χ2v) is 7.18. The zero-order valence-electron chi connectivity index (χ0n) is 15.8. The highest BCUT2D eigenvalue weighted by molar-refractivity contribution is 5.86. The quantitative estimate of drug-likeness (QED) is 0.718. The molecular formula is C22H25N5O. The van der Waals surface area contributed by atoms with Crippen LogP contribution < -0.4 is 15.5 Å². The van der Waals surface area contributed by atoms with Crippen LogP contribution in [0.5, 0.6) is 0 Å². The van der Waals surface area contributed by atoms with Crippen molar-refractivity contribution in [2.45, 2.75) is 19.4 Å². The van der Waals surface area contributed by atoms with Crippen molar-refractivity contribution in [1.82, 2.24) is 20.6 Å². The van der Waals surface area contributed by atoms with Crippen molar-refractivity contribution in [2.75, 3.05) is 24.5 Å². The lowest BCUT2D eigenvalue weighted by Gasteiger charge is -2.31. The molecule has 0 saturated carbocycles. The summed E-state index contributed by atoms with van der Waals surface area (Å²) in [5.41, 5.74) is 1.13. The number of benzene rings is 2. The molecule has 28 heavy (non-hydrogen) atoms. The maximum Gasteiger partial charge on any atom is 0.315 e. The second kappa shape index (κ2) is 8.69. The third kappa shape index (κ3) is 4.39. The molecule has 0 aliphatic carbocycles. The average Bonchev–Trinajstić information content (AvgIpc) is 2.77. The summed E-state index contributed by atoms with van der Waals surface area (Å²) < 4.78 is 0. The number of hydrogen-bond acceptors (Lipinski definition) is 4. The number of aromatic nitrogens is 2. The SMILES string of the molecule is O=C(NCc1cccc2ccccc12)NCC1CCN(c2ncccn2)CC1. The first-order chi connectivity index (χ1) is 13.8. The second-order valence-electron chi connectivity index (χ2n) is 7.18. The fourth-order valence-corrected chi connectivity index (χ4v) is 3.71. The summed E-state index contributed by atoms with van der Waals surface area (Å²) in [6, 6.07) is 16.1. The Balaban J connectivity index is 1.22. The van der Waals surface area contributed by atoms with E-state index in [4.69, 9.17) is 0 Å². The molecule has 0 atom stereocenters. The Labute approximate surface area is 165 Å². The van der Waals surface area contributed by atoms with E-state index in [0.717, 1.165) is 37.4 Å².